The summed E-state index contributed by atoms with van der Waals surface area (Å²) in [5, 5.41) is 13.2. The molecule has 0 saturated heterocycles. The monoisotopic (exact) mass is 414 g/mol. The van der Waals surface area contributed by atoms with E-state index in [4.69, 9.17) is 11.6 Å². The van der Waals surface area contributed by atoms with Gasteiger partial charge in [0.25, 0.3) is 5.91 Å². The largest absolute Gasteiger partial charge is 0.332 e. The highest BCUT2D eigenvalue weighted by atomic mass is 35.5. The third-order valence-electron chi connectivity index (χ3n) is 4.41. The minimum absolute atomic E-state index is 0.162. The fourth-order valence-electron chi connectivity index (χ4n) is 2.80. The number of nitrogens with zero attached hydrogens (tertiary/aromatic N) is 3. The van der Waals surface area contributed by atoms with Crippen LogP contribution in [0.3, 0.4) is 0 Å². The maximum Gasteiger partial charge on any atom is 0.255 e. The molecule has 0 unspecified atom stereocenters. The summed E-state index contributed by atoms with van der Waals surface area (Å²) in [5.41, 5.74) is 1.86. The van der Waals surface area contributed by atoms with Gasteiger partial charge in [0.1, 0.15) is 11.1 Å². The van der Waals surface area contributed by atoms with Gasteiger partial charge >= 0.3 is 0 Å². The molecular weight excluding hydrogens is 396 g/mol. The van der Waals surface area contributed by atoms with Gasteiger partial charge in [-0.1, -0.05) is 23.7 Å². The van der Waals surface area contributed by atoms with Crippen molar-refractivity contribution in [1.29, 1.82) is 5.26 Å². The number of carbonyl (C=O) groups is 2. The van der Waals surface area contributed by atoms with Crippen LogP contribution in [-0.4, -0.2) is 41.5 Å². The maximum absolute atomic E-state index is 13.0. The summed E-state index contributed by atoms with van der Waals surface area (Å²) >= 11 is 7.39. The fourth-order valence-corrected chi connectivity index (χ4v) is 3.54. The summed E-state index contributed by atoms with van der Waals surface area (Å²) in [5.74, 6) is -0.409. The first-order valence-electron chi connectivity index (χ1n) is 8.73. The van der Waals surface area contributed by atoms with Crippen molar-refractivity contribution in [2.45, 2.75) is 23.8 Å². The standard InChI is InChI=1S/C20H19ClN4O2S/c1-25(11-18(26)23-16-6-4-3-5-15(16)21)20(27)13-9-17(12-7-8-12)24-19(28-2)14(13)10-22/h3-6,9,12H,7-8,11H2,1-2H3,(H,23,26). The van der Waals surface area contributed by atoms with E-state index in [1.807, 2.05) is 6.26 Å². The second-order valence-electron chi connectivity index (χ2n) is 6.55. The van der Waals surface area contributed by atoms with Crippen LogP contribution in [0.1, 0.15) is 40.4 Å². The Bertz CT molecular complexity index is 969. The number of anilines is 1. The van der Waals surface area contributed by atoms with E-state index < -0.39 is 0 Å². The van der Waals surface area contributed by atoms with Crippen LogP contribution in [0.25, 0.3) is 0 Å². The second kappa shape index (κ2) is 8.63. The molecule has 8 heteroatoms. The van der Waals surface area contributed by atoms with Crippen molar-refractivity contribution in [1.82, 2.24) is 9.88 Å². The molecule has 2 aromatic rings. The first-order valence-corrected chi connectivity index (χ1v) is 10.3. The molecule has 2 amide bonds. The van der Waals surface area contributed by atoms with E-state index in [0.29, 0.717) is 21.7 Å². The number of aromatic nitrogens is 1. The van der Waals surface area contributed by atoms with E-state index in [-0.39, 0.29) is 29.5 Å². The van der Waals surface area contributed by atoms with Gasteiger partial charge in [0.2, 0.25) is 5.91 Å². The molecule has 0 atom stereocenters. The number of benzene rings is 1. The quantitative estimate of drug-likeness (QED) is 0.724. The molecule has 1 aliphatic rings. The Morgan fingerprint density at radius 1 is 1.39 bits per heavy atom. The molecule has 28 heavy (non-hydrogen) atoms. The summed E-state index contributed by atoms with van der Waals surface area (Å²) in [7, 11) is 1.53. The zero-order chi connectivity index (χ0) is 20.3. The number of halogens is 1. The molecule has 1 N–H and O–H groups in total. The number of carbonyl (C=O) groups excluding carboxylic acids is 2. The third-order valence-corrected chi connectivity index (χ3v) is 5.42. The molecule has 3 rings (SSSR count). The lowest BCUT2D eigenvalue weighted by molar-refractivity contribution is -0.116. The lowest BCUT2D eigenvalue weighted by Gasteiger charge is -2.19. The number of pyridine rings is 1. The van der Waals surface area contributed by atoms with Crippen LogP contribution in [0.2, 0.25) is 5.02 Å². The van der Waals surface area contributed by atoms with Gasteiger partial charge in [-0.25, -0.2) is 4.98 Å². The number of thioether (sulfide) groups is 1. The van der Waals surface area contributed by atoms with Gasteiger partial charge in [-0.2, -0.15) is 5.26 Å². The van der Waals surface area contributed by atoms with Crippen LogP contribution in [0.4, 0.5) is 5.69 Å². The first-order chi connectivity index (χ1) is 13.4. The van der Waals surface area contributed by atoms with Crippen molar-refractivity contribution in [2.24, 2.45) is 0 Å². The summed E-state index contributed by atoms with van der Waals surface area (Å²) in [6.07, 6.45) is 3.90. The first kappa shape index (κ1) is 20.2. The van der Waals surface area contributed by atoms with Gasteiger partial charge in [-0.05, 0) is 37.3 Å². The molecular formula is C20H19ClN4O2S. The topological polar surface area (TPSA) is 86.1 Å². The van der Waals surface area contributed by atoms with Crippen LogP contribution in [-0.2, 0) is 4.79 Å². The van der Waals surface area contributed by atoms with Crippen LogP contribution in [0.15, 0.2) is 35.4 Å². The molecule has 0 bridgehead atoms. The van der Waals surface area contributed by atoms with Gasteiger partial charge in [-0.15, -0.1) is 11.8 Å². The van der Waals surface area contributed by atoms with Gasteiger partial charge in [-0.3, -0.25) is 9.59 Å². The predicted octanol–water partition coefficient (Wildman–Crippen LogP) is 3.92. The molecule has 6 nitrogen and oxygen atoms in total. The molecule has 1 aromatic heterocycles. The number of amides is 2. The number of para-hydroxylation sites is 1. The fraction of sp³-hybridized carbons (Fsp3) is 0.300. The number of hydrogen-bond acceptors (Lipinski definition) is 5. The summed E-state index contributed by atoms with van der Waals surface area (Å²) in [4.78, 5) is 31.1. The van der Waals surface area contributed by atoms with E-state index >= 15 is 0 Å². The highest BCUT2D eigenvalue weighted by Crippen LogP contribution is 2.40. The van der Waals surface area contributed by atoms with Crippen molar-refractivity contribution >= 4 is 40.9 Å². The minimum atomic E-state index is -0.384. The molecule has 1 aliphatic carbocycles. The van der Waals surface area contributed by atoms with Crippen molar-refractivity contribution in [2.75, 3.05) is 25.2 Å². The molecule has 1 aromatic carbocycles. The Hall–Kier alpha value is -2.56. The highest BCUT2D eigenvalue weighted by Gasteiger charge is 2.29. The van der Waals surface area contributed by atoms with Crippen LogP contribution in [0.5, 0.6) is 0 Å². The zero-order valence-electron chi connectivity index (χ0n) is 15.5. The smallest absolute Gasteiger partial charge is 0.255 e. The summed E-state index contributed by atoms with van der Waals surface area (Å²) in [6.45, 7) is -0.162. The van der Waals surface area contributed by atoms with Crippen molar-refractivity contribution in [3.8, 4) is 6.07 Å². The third kappa shape index (κ3) is 4.46. The van der Waals surface area contributed by atoms with Crippen molar-refractivity contribution < 1.29 is 9.59 Å². The SMILES string of the molecule is CSc1nc(C2CC2)cc(C(=O)N(C)CC(=O)Nc2ccccc2Cl)c1C#N. The normalized spacial score (nSPS) is 12.9. The number of likely N-dealkylation sites (N-methyl/N-ethyl adjacent to an activating group) is 1. The lowest BCUT2D eigenvalue weighted by atomic mass is 10.1. The molecule has 0 spiro atoms. The molecule has 0 radical (unpaired) electrons. The number of rotatable bonds is 6. The van der Waals surface area contributed by atoms with Crippen LogP contribution in [0, 0.1) is 11.3 Å². The van der Waals surface area contributed by atoms with E-state index in [0.717, 1.165) is 18.5 Å². The molecule has 1 heterocycles. The lowest BCUT2D eigenvalue weighted by Crippen LogP contribution is -2.35. The van der Waals surface area contributed by atoms with E-state index in [1.165, 1.54) is 23.7 Å². The Morgan fingerprint density at radius 2 is 2.11 bits per heavy atom. The average molecular weight is 415 g/mol. The number of nitrogens with one attached hydrogen (secondary N) is 1. The number of hydrogen-bond donors (Lipinski definition) is 1. The Labute approximate surface area is 172 Å². The predicted molar refractivity (Wildman–Crippen MR) is 110 cm³/mol. The van der Waals surface area contributed by atoms with Crippen LogP contribution >= 0.6 is 23.4 Å². The van der Waals surface area contributed by atoms with E-state index in [9.17, 15) is 14.9 Å². The summed E-state index contributed by atoms with van der Waals surface area (Å²) < 4.78 is 0. The minimum Gasteiger partial charge on any atom is -0.332 e. The molecule has 1 saturated carbocycles. The van der Waals surface area contributed by atoms with Gasteiger partial charge in [0, 0.05) is 18.7 Å². The molecule has 1 fully saturated rings. The van der Waals surface area contributed by atoms with Crippen LogP contribution < -0.4 is 5.32 Å². The van der Waals surface area contributed by atoms with Gasteiger partial charge in [0.05, 0.1) is 28.4 Å². The van der Waals surface area contributed by atoms with Gasteiger partial charge < -0.3 is 10.2 Å². The Morgan fingerprint density at radius 3 is 2.71 bits per heavy atom. The van der Waals surface area contributed by atoms with Crippen molar-refractivity contribution in [3.05, 3.63) is 52.2 Å². The van der Waals surface area contributed by atoms with E-state index in [2.05, 4.69) is 16.4 Å². The second-order valence-corrected chi connectivity index (χ2v) is 7.76. The van der Waals surface area contributed by atoms with Crippen molar-refractivity contribution in [3.63, 3.8) is 0 Å². The average Bonchev–Trinajstić information content (AvgIpc) is 3.53. The maximum atomic E-state index is 13.0. The van der Waals surface area contributed by atoms with E-state index in [1.54, 1.807) is 30.3 Å². The number of nitriles is 1. The highest BCUT2D eigenvalue weighted by molar-refractivity contribution is 7.98. The molecule has 0 aliphatic heterocycles. The summed E-state index contributed by atoms with van der Waals surface area (Å²) in [6, 6.07) is 10.7. The molecule has 144 valence electrons. The zero-order valence-corrected chi connectivity index (χ0v) is 17.1. The Balaban J connectivity index is 1.79. The Kier molecular flexibility index (Phi) is 6.22. The van der Waals surface area contributed by atoms with Gasteiger partial charge in [0.15, 0.2) is 0 Å².